The molecule has 2 heterocycles. The van der Waals surface area contributed by atoms with Gasteiger partial charge in [-0.25, -0.2) is 9.67 Å². The van der Waals surface area contributed by atoms with E-state index in [1.165, 1.54) is 11.0 Å². The Morgan fingerprint density at radius 2 is 2.38 bits per heavy atom. The van der Waals surface area contributed by atoms with Crippen molar-refractivity contribution in [3.63, 3.8) is 0 Å². The number of carbonyl (C=O) groups excluding carboxylic acids is 1. The van der Waals surface area contributed by atoms with Crippen LogP contribution in [-0.4, -0.2) is 27.3 Å². The van der Waals surface area contributed by atoms with E-state index in [1.54, 1.807) is 0 Å². The quantitative estimate of drug-likeness (QED) is 0.899. The van der Waals surface area contributed by atoms with Gasteiger partial charge in [0.05, 0.1) is 12.6 Å². The van der Waals surface area contributed by atoms with Crippen LogP contribution in [0.1, 0.15) is 23.9 Å². The molecule has 1 aromatic heterocycles. The van der Waals surface area contributed by atoms with Crippen LogP contribution in [0.2, 0.25) is 0 Å². The summed E-state index contributed by atoms with van der Waals surface area (Å²) in [6.07, 6.45) is 2.10. The van der Waals surface area contributed by atoms with Gasteiger partial charge in [-0.2, -0.15) is 5.26 Å². The lowest BCUT2D eigenvalue weighted by Gasteiger charge is -2.26. The number of ether oxygens (including phenoxy) is 1. The summed E-state index contributed by atoms with van der Waals surface area (Å²) < 4.78 is 6.90. The number of carbonyl (C=O) groups is 1. The minimum absolute atomic E-state index is 0.0359. The fraction of sp³-hybridized carbons (Fsp3) is 0.286. The zero-order valence-corrected chi connectivity index (χ0v) is 11.2. The van der Waals surface area contributed by atoms with Gasteiger partial charge in [0.1, 0.15) is 24.7 Å². The van der Waals surface area contributed by atoms with Gasteiger partial charge < -0.3 is 10.1 Å². The van der Waals surface area contributed by atoms with Gasteiger partial charge in [-0.05, 0) is 6.07 Å². The summed E-state index contributed by atoms with van der Waals surface area (Å²) in [5, 5.41) is 15.5. The molecule has 0 spiro atoms. The minimum atomic E-state index is -0.175. The van der Waals surface area contributed by atoms with E-state index in [0.717, 1.165) is 17.7 Å². The average Bonchev–Trinajstić information content (AvgIpc) is 2.95. The predicted octanol–water partition coefficient (Wildman–Crippen LogP) is 0.790. The fourth-order valence-electron chi connectivity index (χ4n) is 2.30. The zero-order valence-electron chi connectivity index (χ0n) is 11.2. The Morgan fingerprint density at radius 3 is 3.19 bits per heavy atom. The number of nitrogens with one attached hydrogen (secondary N) is 1. The summed E-state index contributed by atoms with van der Waals surface area (Å²) in [6.45, 7) is 0.609. The maximum atomic E-state index is 12.1. The molecule has 1 aliphatic heterocycles. The molecule has 1 N–H and O–H groups in total. The highest BCUT2D eigenvalue weighted by Gasteiger charge is 2.22. The van der Waals surface area contributed by atoms with Crippen LogP contribution in [-0.2, 0) is 11.3 Å². The van der Waals surface area contributed by atoms with Crippen LogP contribution < -0.4 is 10.1 Å². The molecule has 2 aromatic rings. The van der Waals surface area contributed by atoms with Gasteiger partial charge in [0.25, 0.3) is 5.82 Å². The lowest BCUT2D eigenvalue weighted by atomic mass is 10.0. The third kappa shape index (κ3) is 2.84. The Morgan fingerprint density at radius 1 is 1.52 bits per heavy atom. The highest BCUT2D eigenvalue weighted by molar-refractivity contribution is 5.76. The Balaban J connectivity index is 1.67. The normalized spacial score (nSPS) is 16.4. The lowest BCUT2D eigenvalue weighted by molar-refractivity contribution is -0.122. The molecular weight excluding hydrogens is 270 g/mol. The van der Waals surface area contributed by atoms with Crippen molar-refractivity contribution < 1.29 is 9.53 Å². The van der Waals surface area contributed by atoms with Gasteiger partial charge in [-0.1, -0.05) is 18.2 Å². The van der Waals surface area contributed by atoms with Crippen LogP contribution >= 0.6 is 0 Å². The largest absolute Gasteiger partial charge is 0.493 e. The van der Waals surface area contributed by atoms with E-state index < -0.39 is 0 Å². The van der Waals surface area contributed by atoms with Crippen LogP contribution in [0.15, 0.2) is 30.6 Å². The number of nitrogens with zero attached hydrogens (tertiary/aromatic N) is 4. The summed E-state index contributed by atoms with van der Waals surface area (Å²) in [6, 6.07) is 9.42. The lowest BCUT2D eigenvalue weighted by Crippen LogP contribution is -2.34. The third-order valence-corrected chi connectivity index (χ3v) is 3.24. The highest BCUT2D eigenvalue weighted by atomic mass is 16.5. The predicted molar refractivity (Wildman–Crippen MR) is 72.2 cm³/mol. The molecule has 21 heavy (non-hydrogen) atoms. The number of rotatable bonds is 3. The summed E-state index contributed by atoms with van der Waals surface area (Å²) in [5.74, 6) is 0.687. The summed E-state index contributed by atoms with van der Waals surface area (Å²) in [4.78, 5) is 15.8. The second-order valence-corrected chi connectivity index (χ2v) is 4.67. The number of hydrogen-bond donors (Lipinski definition) is 1. The standard InChI is InChI=1S/C14H13N5O2/c15-7-13-16-9-19(18-13)8-14(20)17-11-5-6-21-12-4-2-1-3-10(11)12/h1-4,9,11H,5-6,8H2,(H,17,20)/t11-/m1/s1. The van der Waals surface area contributed by atoms with Gasteiger partial charge >= 0.3 is 0 Å². The number of hydrogen-bond acceptors (Lipinski definition) is 5. The molecule has 0 unspecified atom stereocenters. The monoisotopic (exact) mass is 283 g/mol. The van der Waals surface area contributed by atoms with E-state index in [0.29, 0.717) is 6.61 Å². The van der Waals surface area contributed by atoms with Crippen molar-refractivity contribution in [1.29, 1.82) is 5.26 Å². The molecule has 1 atom stereocenters. The number of benzene rings is 1. The van der Waals surface area contributed by atoms with Crippen molar-refractivity contribution in [2.75, 3.05) is 6.61 Å². The van der Waals surface area contributed by atoms with E-state index in [1.807, 2.05) is 30.3 Å². The smallest absolute Gasteiger partial charge is 0.252 e. The molecule has 106 valence electrons. The van der Waals surface area contributed by atoms with Crippen molar-refractivity contribution in [1.82, 2.24) is 20.1 Å². The second kappa shape index (κ2) is 5.63. The molecule has 1 aromatic carbocycles. The second-order valence-electron chi connectivity index (χ2n) is 4.67. The number of fused-ring (bicyclic) bond motifs is 1. The molecule has 0 fully saturated rings. The van der Waals surface area contributed by atoms with Crippen LogP contribution in [0.25, 0.3) is 0 Å². The molecular formula is C14H13N5O2. The first-order valence-electron chi connectivity index (χ1n) is 6.57. The first-order chi connectivity index (χ1) is 10.3. The van der Waals surface area contributed by atoms with Crippen molar-refractivity contribution in [2.24, 2.45) is 0 Å². The van der Waals surface area contributed by atoms with Crippen molar-refractivity contribution in [2.45, 2.75) is 19.0 Å². The van der Waals surface area contributed by atoms with Crippen molar-refractivity contribution in [3.05, 3.63) is 42.0 Å². The van der Waals surface area contributed by atoms with Gasteiger partial charge in [-0.3, -0.25) is 4.79 Å². The molecule has 7 heteroatoms. The topological polar surface area (TPSA) is 92.8 Å². The Kier molecular flexibility index (Phi) is 3.51. The number of para-hydroxylation sites is 1. The molecule has 0 saturated heterocycles. The van der Waals surface area contributed by atoms with E-state index in [2.05, 4.69) is 15.4 Å². The van der Waals surface area contributed by atoms with E-state index in [4.69, 9.17) is 10.00 Å². The van der Waals surface area contributed by atoms with Gasteiger partial charge in [0.2, 0.25) is 5.91 Å². The van der Waals surface area contributed by atoms with Crippen LogP contribution in [0, 0.1) is 11.3 Å². The van der Waals surface area contributed by atoms with Crippen LogP contribution in [0.4, 0.5) is 0 Å². The zero-order chi connectivity index (χ0) is 14.7. The molecule has 0 aliphatic carbocycles. The number of aromatic nitrogens is 3. The van der Waals surface area contributed by atoms with Crippen molar-refractivity contribution >= 4 is 5.91 Å². The molecule has 7 nitrogen and oxygen atoms in total. The average molecular weight is 283 g/mol. The summed E-state index contributed by atoms with van der Waals surface area (Å²) in [7, 11) is 0. The fourth-order valence-corrected chi connectivity index (χ4v) is 2.30. The maximum Gasteiger partial charge on any atom is 0.252 e. The maximum absolute atomic E-state index is 12.1. The third-order valence-electron chi connectivity index (χ3n) is 3.24. The SMILES string of the molecule is N#Cc1ncn(CC(=O)N[C@@H]2CCOc3ccccc32)n1. The van der Waals surface area contributed by atoms with E-state index >= 15 is 0 Å². The van der Waals surface area contributed by atoms with Crippen LogP contribution in [0.3, 0.4) is 0 Å². The van der Waals surface area contributed by atoms with Gasteiger partial charge in [0.15, 0.2) is 0 Å². The molecule has 1 aliphatic rings. The van der Waals surface area contributed by atoms with Crippen LogP contribution in [0.5, 0.6) is 5.75 Å². The summed E-state index contributed by atoms with van der Waals surface area (Å²) in [5.41, 5.74) is 0.980. The van der Waals surface area contributed by atoms with Gasteiger partial charge in [0, 0.05) is 12.0 Å². The molecule has 3 rings (SSSR count). The number of nitriles is 1. The molecule has 0 saturated carbocycles. The molecule has 0 radical (unpaired) electrons. The molecule has 0 bridgehead atoms. The highest BCUT2D eigenvalue weighted by Crippen LogP contribution is 2.31. The Labute approximate surface area is 121 Å². The Bertz CT molecular complexity index is 703. The van der Waals surface area contributed by atoms with E-state index in [-0.39, 0.29) is 24.3 Å². The first-order valence-corrected chi connectivity index (χ1v) is 6.57. The van der Waals surface area contributed by atoms with Gasteiger partial charge in [-0.15, -0.1) is 5.10 Å². The van der Waals surface area contributed by atoms with Crippen molar-refractivity contribution in [3.8, 4) is 11.8 Å². The Hall–Kier alpha value is -2.88. The minimum Gasteiger partial charge on any atom is -0.493 e. The number of amides is 1. The van der Waals surface area contributed by atoms with E-state index in [9.17, 15) is 4.79 Å². The molecule has 1 amide bonds. The first kappa shape index (κ1) is 13.1. The summed E-state index contributed by atoms with van der Waals surface area (Å²) >= 11 is 0.